The summed E-state index contributed by atoms with van der Waals surface area (Å²) >= 11 is 1.26. The molecule has 0 aromatic heterocycles. The standard InChI is InChI=1S/C22H24N2O6S2/c25-21(14-17-7-8-19-20(13-17)30-16-29-19)23-9-4-10-24(23)22(26)15-31-11-12-32(27,28)18-5-2-1-3-6-18/h1-3,5-8,13H,4,9-12,14-16H2. The number of benzene rings is 2. The van der Waals surface area contributed by atoms with Gasteiger partial charge < -0.3 is 9.47 Å². The average molecular weight is 477 g/mol. The van der Waals surface area contributed by atoms with E-state index in [1.165, 1.54) is 21.8 Å². The summed E-state index contributed by atoms with van der Waals surface area (Å²) in [7, 11) is -3.37. The van der Waals surface area contributed by atoms with E-state index in [1.807, 2.05) is 6.07 Å². The Labute approximate surface area is 191 Å². The van der Waals surface area contributed by atoms with E-state index in [1.54, 1.807) is 42.5 Å². The third kappa shape index (κ3) is 5.18. The maximum Gasteiger partial charge on any atom is 0.251 e. The summed E-state index contributed by atoms with van der Waals surface area (Å²) < 4.78 is 35.3. The Hall–Kier alpha value is -2.72. The second kappa shape index (κ2) is 9.83. The summed E-state index contributed by atoms with van der Waals surface area (Å²) in [5, 5.41) is 2.97. The first-order valence-corrected chi connectivity index (χ1v) is 13.1. The highest BCUT2D eigenvalue weighted by Gasteiger charge is 2.30. The third-order valence-electron chi connectivity index (χ3n) is 5.22. The van der Waals surface area contributed by atoms with Crippen molar-refractivity contribution in [3.8, 4) is 11.5 Å². The van der Waals surface area contributed by atoms with Gasteiger partial charge in [-0.05, 0) is 36.2 Å². The summed E-state index contributed by atoms with van der Waals surface area (Å²) in [4.78, 5) is 25.8. The number of sulfone groups is 1. The molecule has 0 unspecified atom stereocenters. The largest absolute Gasteiger partial charge is 0.454 e. The highest BCUT2D eigenvalue weighted by Crippen LogP contribution is 2.32. The predicted molar refractivity (Wildman–Crippen MR) is 120 cm³/mol. The fourth-order valence-corrected chi connectivity index (χ4v) is 6.22. The third-order valence-corrected chi connectivity index (χ3v) is 8.16. The summed E-state index contributed by atoms with van der Waals surface area (Å²) in [5.41, 5.74) is 0.791. The Balaban J connectivity index is 1.27. The van der Waals surface area contributed by atoms with E-state index in [4.69, 9.17) is 9.47 Å². The zero-order chi connectivity index (χ0) is 22.6. The van der Waals surface area contributed by atoms with Crippen molar-refractivity contribution in [1.82, 2.24) is 10.0 Å². The molecular formula is C22H24N2O6S2. The number of ether oxygens (including phenoxy) is 2. The van der Waals surface area contributed by atoms with Crippen LogP contribution in [0.2, 0.25) is 0 Å². The van der Waals surface area contributed by atoms with Crippen molar-refractivity contribution in [1.29, 1.82) is 0 Å². The maximum absolute atomic E-state index is 12.8. The number of rotatable bonds is 8. The fourth-order valence-electron chi connectivity index (χ4n) is 3.60. The maximum atomic E-state index is 12.8. The van der Waals surface area contributed by atoms with E-state index in [2.05, 4.69) is 0 Å². The lowest BCUT2D eigenvalue weighted by Crippen LogP contribution is -2.46. The molecule has 10 heteroatoms. The van der Waals surface area contributed by atoms with Crippen molar-refractivity contribution < 1.29 is 27.5 Å². The van der Waals surface area contributed by atoms with Crippen molar-refractivity contribution in [3.05, 3.63) is 54.1 Å². The van der Waals surface area contributed by atoms with Gasteiger partial charge in [0.15, 0.2) is 21.3 Å². The van der Waals surface area contributed by atoms with E-state index in [0.717, 1.165) is 5.56 Å². The van der Waals surface area contributed by atoms with Crippen molar-refractivity contribution in [2.24, 2.45) is 0 Å². The predicted octanol–water partition coefficient (Wildman–Crippen LogP) is 2.14. The molecule has 0 aliphatic carbocycles. The number of hydrogen-bond acceptors (Lipinski definition) is 7. The molecule has 2 aromatic carbocycles. The van der Waals surface area contributed by atoms with Crippen LogP contribution in [0.4, 0.5) is 0 Å². The van der Waals surface area contributed by atoms with Gasteiger partial charge in [0, 0.05) is 18.8 Å². The van der Waals surface area contributed by atoms with E-state index in [0.29, 0.717) is 36.8 Å². The number of fused-ring (bicyclic) bond motifs is 1. The summed E-state index contributed by atoms with van der Waals surface area (Å²) in [6.45, 7) is 1.14. The molecule has 8 nitrogen and oxygen atoms in total. The number of carbonyl (C=O) groups is 2. The van der Waals surface area contributed by atoms with Crippen LogP contribution < -0.4 is 9.47 Å². The second-order valence-electron chi connectivity index (χ2n) is 7.44. The van der Waals surface area contributed by atoms with E-state index in [-0.39, 0.29) is 41.4 Å². The first kappa shape index (κ1) is 22.5. The number of carbonyl (C=O) groups excluding carboxylic acids is 2. The fraction of sp³-hybridized carbons (Fsp3) is 0.364. The zero-order valence-electron chi connectivity index (χ0n) is 17.4. The van der Waals surface area contributed by atoms with Crippen molar-refractivity contribution in [2.75, 3.05) is 37.1 Å². The molecule has 0 spiro atoms. The zero-order valence-corrected chi connectivity index (χ0v) is 19.1. The smallest absolute Gasteiger partial charge is 0.251 e. The van der Waals surface area contributed by atoms with Gasteiger partial charge in [0.05, 0.1) is 22.8 Å². The van der Waals surface area contributed by atoms with Crippen LogP contribution >= 0.6 is 11.8 Å². The van der Waals surface area contributed by atoms with Gasteiger partial charge in [-0.15, -0.1) is 0 Å². The van der Waals surface area contributed by atoms with Gasteiger partial charge in [0.25, 0.3) is 5.91 Å². The van der Waals surface area contributed by atoms with Gasteiger partial charge in [0.2, 0.25) is 12.7 Å². The number of hydrazine groups is 1. The van der Waals surface area contributed by atoms with Crippen LogP contribution in [-0.4, -0.2) is 67.4 Å². The van der Waals surface area contributed by atoms with Crippen LogP contribution in [0.3, 0.4) is 0 Å². The minimum Gasteiger partial charge on any atom is -0.454 e. The lowest BCUT2D eigenvalue weighted by Gasteiger charge is -2.28. The molecule has 0 atom stereocenters. The molecule has 0 N–H and O–H groups in total. The highest BCUT2D eigenvalue weighted by atomic mass is 32.2. The van der Waals surface area contributed by atoms with Gasteiger partial charge in [-0.2, -0.15) is 11.8 Å². The summed E-state index contributed by atoms with van der Waals surface area (Å²) in [6.07, 6.45) is 0.870. The van der Waals surface area contributed by atoms with Crippen LogP contribution in [0.5, 0.6) is 11.5 Å². The molecule has 2 aromatic rings. The number of hydrogen-bond donors (Lipinski definition) is 0. The molecule has 32 heavy (non-hydrogen) atoms. The Kier molecular flexibility index (Phi) is 6.90. The molecule has 1 saturated heterocycles. The first-order valence-electron chi connectivity index (χ1n) is 10.3. The lowest BCUT2D eigenvalue weighted by atomic mass is 10.1. The topological polar surface area (TPSA) is 93.2 Å². The molecule has 2 aliphatic rings. The van der Waals surface area contributed by atoms with Crippen LogP contribution in [-0.2, 0) is 25.8 Å². The monoisotopic (exact) mass is 476 g/mol. The molecule has 1 fully saturated rings. The normalized spacial score (nSPS) is 15.2. The number of amides is 2. The van der Waals surface area contributed by atoms with Crippen LogP contribution in [0.25, 0.3) is 0 Å². The SMILES string of the molecule is O=C(CSCCS(=O)(=O)c1ccccc1)N1CCCN1C(=O)Cc1ccc2c(c1)OCO2. The summed E-state index contributed by atoms with van der Waals surface area (Å²) in [6, 6.07) is 13.7. The molecule has 2 aliphatic heterocycles. The highest BCUT2D eigenvalue weighted by molar-refractivity contribution is 8.01. The van der Waals surface area contributed by atoms with Gasteiger partial charge in [-0.25, -0.2) is 8.42 Å². The molecule has 0 bridgehead atoms. The van der Waals surface area contributed by atoms with Crippen LogP contribution in [0, 0.1) is 0 Å². The lowest BCUT2D eigenvalue weighted by molar-refractivity contribution is -0.155. The summed E-state index contributed by atoms with van der Waals surface area (Å²) in [5.74, 6) is 1.31. The average Bonchev–Trinajstić information content (AvgIpc) is 3.46. The van der Waals surface area contributed by atoms with E-state index < -0.39 is 9.84 Å². The van der Waals surface area contributed by atoms with Crippen LogP contribution in [0.15, 0.2) is 53.4 Å². The molecule has 170 valence electrons. The van der Waals surface area contributed by atoms with Crippen molar-refractivity contribution in [2.45, 2.75) is 17.7 Å². The second-order valence-corrected chi connectivity index (χ2v) is 10.7. The Bertz CT molecular complexity index is 1090. The van der Waals surface area contributed by atoms with Gasteiger partial charge in [0.1, 0.15) is 0 Å². The van der Waals surface area contributed by atoms with Crippen LogP contribution in [0.1, 0.15) is 12.0 Å². The quantitative estimate of drug-likeness (QED) is 0.539. The minimum atomic E-state index is -3.37. The Morgan fingerprint density at radius 1 is 0.938 bits per heavy atom. The first-order chi connectivity index (χ1) is 15.4. The molecular weight excluding hydrogens is 452 g/mol. The minimum absolute atomic E-state index is 0.0400. The Morgan fingerprint density at radius 2 is 1.66 bits per heavy atom. The molecule has 4 rings (SSSR count). The molecule has 0 radical (unpaired) electrons. The van der Waals surface area contributed by atoms with Gasteiger partial charge in [-0.1, -0.05) is 24.3 Å². The van der Waals surface area contributed by atoms with E-state index in [9.17, 15) is 18.0 Å². The molecule has 2 amide bonds. The Morgan fingerprint density at radius 3 is 2.44 bits per heavy atom. The number of nitrogens with zero attached hydrogens (tertiary/aromatic N) is 2. The van der Waals surface area contributed by atoms with E-state index >= 15 is 0 Å². The van der Waals surface area contributed by atoms with Crippen molar-refractivity contribution in [3.63, 3.8) is 0 Å². The molecule has 0 saturated carbocycles. The van der Waals surface area contributed by atoms with Gasteiger partial charge >= 0.3 is 0 Å². The number of thioether (sulfide) groups is 1. The van der Waals surface area contributed by atoms with Crippen molar-refractivity contribution >= 4 is 33.4 Å². The van der Waals surface area contributed by atoms with Gasteiger partial charge in [-0.3, -0.25) is 19.6 Å². The molecule has 2 heterocycles.